The lowest BCUT2D eigenvalue weighted by Gasteiger charge is -2.41. The Morgan fingerprint density at radius 3 is 2.27 bits per heavy atom. The predicted molar refractivity (Wildman–Crippen MR) is 159 cm³/mol. The average Bonchev–Trinajstić information content (AvgIpc) is 3.40. The van der Waals surface area contributed by atoms with Crippen LogP contribution in [0.15, 0.2) is 40.9 Å². The maximum absolute atomic E-state index is 13.7. The van der Waals surface area contributed by atoms with E-state index in [1.165, 1.54) is 6.07 Å². The molecule has 1 aromatic heterocycles. The van der Waals surface area contributed by atoms with Gasteiger partial charge < -0.3 is 29.7 Å². The van der Waals surface area contributed by atoms with Crippen LogP contribution >= 0.6 is 0 Å². The maximum atomic E-state index is 13.7. The largest absolute Gasteiger partial charge is 0.508 e. The van der Waals surface area contributed by atoms with Gasteiger partial charge in [0.05, 0.1) is 37.4 Å². The van der Waals surface area contributed by atoms with Gasteiger partial charge in [-0.1, -0.05) is 57.1 Å². The van der Waals surface area contributed by atoms with Crippen molar-refractivity contribution in [3.05, 3.63) is 53.2 Å². The van der Waals surface area contributed by atoms with Crippen LogP contribution in [0, 0.1) is 5.92 Å². The molecule has 12 heteroatoms. The van der Waals surface area contributed by atoms with Crippen molar-refractivity contribution in [2.24, 2.45) is 5.92 Å². The Morgan fingerprint density at radius 2 is 1.68 bits per heavy atom. The van der Waals surface area contributed by atoms with Gasteiger partial charge >= 0.3 is 0 Å². The number of nitrogens with zero attached hydrogens (tertiary/aromatic N) is 3. The number of alkyl halides is 2. The minimum absolute atomic E-state index is 0.0809. The highest BCUT2D eigenvalue weighted by Crippen LogP contribution is 2.43. The van der Waals surface area contributed by atoms with Crippen molar-refractivity contribution in [2.45, 2.75) is 52.1 Å². The number of hydrogen-bond acceptors (Lipinski definition) is 8. The van der Waals surface area contributed by atoms with E-state index in [1.807, 2.05) is 38.1 Å². The second-order valence-electron chi connectivity index (χ2n) is 12.1. The third kappa shape index (κ3) is 6.56. The first-order chi connectivity index (χ1) is 20.8. The smallest absolute Gasteiger partial charge is 0.282 e. The zero-order valence-corrected chi connectivity index (χ0v) is 25.3. The summed E-state index contributed by atoms with van der Waals surface area (Å²) in [6.45, 7) is 9.54. The van der Waals surface area contributed by atoms with E-state index in [0.29, 0.717) is 24.3 Å². The molecule has 0 spiro atoms. The fourth-order valence-electron chi connectivity index (χ4n) is 5.52. The van der Waals surface area contributed by atoms with E-state index in [2.05, 4.69) is 15.4 Å². The summed E-state index contributed by atoms with van der Waals surface area (Å²) < 4.78 is 38.1. The molecule has 1 atom stereocenters. The maximum Gasteiger partial charge on any atom is 0.282 e. The summed E-state index contributed by atoms with van der Waals surface area (Å²) in [7, 11) is 0. The molecule has 3 aromatic rings. The molecule has 3 heterocycles. The topological polar surface area (TPSA) is 128 Å². The van der Waals surface area contributed by atoms with Gasteiger partial charge in [0.25, 0.3) is 11.8 Å². The van der Waals surface area contributed by atoms with Crippen LogP contribution in [0.5, 0.6) is 11.5 Å². The molecule has 0 bridgehead atoms. The molecule has 0 saturated carbocycles. The van der Waals surface area contributed by atoms with Gasteiger partial charge in [-0.15, -0.1) is 0 Å². The Hall–Kier alpha value is -4.03. The van der Waals surface area contributed by atoms with Crippen LogP contribution in [0.4, 0.5) is 8.78 Å². The molecule has 5 rings (SSSR count). The zero-order valence-electron chi connectivity index (χ0n) is 25.3. The van der Waals surface area contributed by atoms with Crippen LogP contribution in [0.1, 0.15) is 55.2 Å². The van der Waals surface area contributed by atoms with Gasteiger partial charge in [-0.2, -0.15) is 0 Å². The molecule has 2 fully saturated rings. The van der Waals surface area contributed by atoms with Crippen LogP contribution in [-0.4, -0.2) is 88.3 Å². The highest BCUT2D eigenvalue weighted by Gasteiger charge is 2.48. The SMILES string of the molecule is CC(C)c1cc(-c2onc(C(=O)N[C@@H](C(=O)N3CC(F)(F)C3)C(C)C)c2-c2ccc(CN3CCOCC3)cc2)c(O)cc1O. The standard InChI is InChI=1S/C32H38F2N4O6/c1-18(2)22-13-23(25(40)14-24(22)39)29-26(21-7-5-20(6-8-21)15-37-9-11-43-12-10-37)28(36-44-29)30(41)35-27(19(3)4)31(42)38-16-32(33,34)17-38/h5-8,13-14,18-19,27,39-40H,9-12,15-17H2,1-4H3,(H,35,41)/t27-/m1/s1. The first kappa shape index (κ1) is 31.4. The lowest BCUT2D eigenvalue weighted by Crippen LogP contribution is -2.63. The van der Waals surface area contributed by atoms with E-state index in [0.717, 1.165) is 30.1 Å². The number of carbonyl (C=O) groups excluding carboxylic acids is 2. The monoisotopic (exact) mass is 612 g/mol. The number of aromatic hydroxyl groups is 2. The summed E-state index contributed by atoms with van der Waals surface area (Å²) in [5, 5.41) is 28.0. The number of ether oxygens (including phenoxy) is 1. The Kier molecular flexibility index (Phi) is 8.94. The Bertz CT molecular complexity index is 1510. The highest BCUT2D eigenvalue weighted by atomic mass is 19.3. The number of phenolic OH excluding ortho intramolecular Hbond substituents is 2. The number of aromatic nitrogens is 1. The van der Waals surface area contributed by atoms with E-state index in [4.69, 9.17) is 9.26 Å². The van der Waals surface area contributed by atoms with Crippen LogP contribution < -0.4 is 5.32 Å². The minimum Gasteiger partial charge on any atom is -0.508 e. The van der Waals surface area contributed by atoms with Crippen molar-refractivity contribution in [3.8, 4) is 33.9 Å². The molecule has 0 radical (unpaired) electrons. The zero-order chi connectivity index (χ0) is 31.8. The summed E-state index contributed by atoms with van der Waals surface area (Å²) in [6, 6.07) is 9.27. The van der Waals surface area contributed by atoms with Gasteiger partial charge in [-0.3, -0.25) is 14.5 Å². The predicted octanol–water partition coefficient (Wildman–Crippen LogP) is 4.61. The van der Waals surface area contributed by atoms with Gasteiger partial charge in [0.1, 0.15) is 17.5 Å². The van der Waals surface area contributed by atoms with Crippen molar-refractivity contribution in [1.29, 1.82) is 0 Å². The molecule has 236 valence electrons. The normalized spacial score (nSPS) is 17.5. The highest BCUT2D eigenvalue weighted by molar-refractivity contribution is 6.04. The molecule has 0 aliphatic carbocycles. The van der Waals surface area contributed by atoms with Crippen molar-refractivity contribution < 1.29 is 37.8 Å². The second kappa shape index (κ2) is 12.5. The molecule has 3 N–H and O–H groups in total. The van der Waals surface area contributed by atoms with Crippen LogP contribution in [0.3, 0.4) is 0 Å². The lowest BCUT2D eigenvalue weighted by atomic mass is 9.93. The third-order valence-corrected chi connectivity index (χ3v) is 8.05. The van der Waals surface area contributed by atoms with E-state index < -0.39 is 42.8 Å². The van der Waals surface area contributed by atoms with Crippen LogP contribution in [-0.2, 0) is 16.1 Å². The Morgan fingerprint density at radius 1 is 1.02 bits per heavy atom. The van der Waals surface area contributed by atoms with Gasteiger partial charge in [-0.05, 0) is 34.6 Å². The van der Waals surface area contributed by atoms with E-state index in [-0.39, 0.29) is 40.0 Å². The molecular weight excluding hydrogens is 574 g/mol. The molecule has 2 aromatic carbocycles. The molecule has 2 saturated heterocycles. The molecule has 10 nitrogen and oxygen atoms in total. The number of nitrogens with one attached hydrogen (secondary N) is 1. The van der Waals surface area contributed by atoms with Gasteiger partial charge in [0.15, 0.2) is 11.5 Å². The first-order valence-electron chi connectivity index (χ1n) is 14.8. The van der Waals surface area contributed by atoms with Gasteiger partial charge in [0.2, 0.25) is 5.91 Å². The molecule has 2 aliphatic heterocycles. The summed E-state index contributed by atoms with van der Waals surface area (Å²) >= 11 is 0. The third-order valence-electron chi connectivity index (χ3n) is 8.05. The molecule has 0 unspecified atom stereocenters. The fraction of sp³-hybridized carbons (Fsp3) is 0.469. The number of phenols is 2. The lowest BCUT2D eigenvalue weighted by molar-refractivity contribution is -0.168. The summed E-state index contributed by atoms with van der Waals surface area (Å²) in [4.78, 5) is 30.1. The van der Waals surface area contributed by atoms with Crippen molar-refractivity contribution in [3.63, 3.8) is 0 Å². The van der Waals surface area contributed by atoms with E-state index >= 15 is 0 Å². The number of rotatable bonds is 9. The summed E-state index contributed by atoms with van der Waals surface area (Å²) in [6.07, 6.45) is 0. The number of amides is 2. The quantitative estimate of drug-likeness (QED) is 0.320. The number of halogens is 2. The van der Waals surface area contributed by atoms with Crippen molar-refractivity contribution in [2.75, 3.05) is 39.4 Å². The van der Waals surface area contributed by atoms with Gasteiger partial charge in [0, 0.05) is 25.7 Å². The Balaban J connectivity index is 1.52. The number of benzene rings is 2. The number of carbonyl (C=O) groups is 2. The van der Waals surface area contributed by atoms with Gasteiger partial charge in [-0.25, -0.2) is 8.78 Å². The number of morpholine rings is 1. The molecule has 2 amide bonds. The first-order valence-corrected chi connectivity index (χ1v) is 14.8. The van der Waals surface area contributed by atoms with Crippen molar-refractivity contribution >= 4 is 11.8 Å². The fourth-order valence-corrected chi connectivity index (χ4v) is 5.52. The summed E-state index contributed by atoms with van der Waals surface area (Å²) in [5.41, 5.74) is 2.55. The Labute approximate surface area is 254 Å². The van der Waals surface area contributed by atoms with Crippen LogP contribution in [0.25, 0.3) is 22.5 Å². The minimum atomic E-state index is -2.94. The molecule has 2 aliphatic rings. The summed E-state index contributed by atoms with van der Waals surface area (Å²) in [5.74, 6) is -5.00. The van der Waals surface area contributed by atoms with Crippen LogP contribution in [0.2, 0.25) is 0 Å². The average molecular weight is 613 g/mol. The molecular formula is C32H38F2N4O6. The number of likely N-dealkylation sites (tertiary alicyclic amines) is 1. The van der Waals surface area contributed by atoms with Crippen molar-refractivity contribution in [1.82, 2.24) is 20.3 Å². The second-order valence-corrected chi connectivity index (χ2v) is 12.1. The van der Waals surface area contributed by atoms with E-state index in [9.17, 15) is 28.6 Å². The molecule has 44 heavy (non-hydrogen) atoms. The number of hydrogen-bond donors (Lipinski definition) is 3. The van der Waals surface area contributed by atoms with E-state index in [1.54, 1.807) is 19.9 Å².